The predicted molar refractivity (Wildman–Crippen MR) is 97.3 cm³/mol. The van der Waals surface area contributed by atoms with E-state index in [4.69, 9.17) is 0 Å². The van der Waals surface area contributed by atoms with E-state index in [-0.39, 0.29) is 17.9 Å². The summed E-state index contributed by atoms with van der Waals surface area (Å²) in [5.41, 5.74) is 0. The monoisotopic (exact) mass is 349 g/mol. The first-order valence-electron chi connectivity index (χ1n) is 9.12. The molecule has 2 heterocycles. The van der Waals surface area contributed by atoms with E-state index in [2.05, 4.69) is 10.6 Å². The van der Waals surface area contributed by atoms with Crippen molar-refractivity contribution in [3.05, 3.63) is 17.5 Å². The highest BCUT2D eigenvalue weighted by Gasteiger charge is 2.28. The lowest BCUT2D eigenvalue weighted by atomic mass is 9.95. The summed E-state index contributed by atoms with van der Waals surface area (Å²) in [6, 6.07) is 4.13. The number of carbonyl (C=O) groups is 2. The molecule has 6 heteroatoms. The van der Waals surface area contributed by atoms with Crippen molar-refractivity contribution in [2.75, 3.05) is 18.4 Å². The molecule has 1 saturated carbocycles. The van der Waals surface area contributed by atoms with Crippen LogP contribution in [0.5, 0.6) is 0 Å². The third-order valence-corrected chi connectivity index (χ3v) is 5.89. The van der Waals surface area contributed by atoms with E-state index in [1.165, 1.54) is 37.0 Å². The maximum atomic E-state index is 12.5. The third kappa shape index (κ3) is 4.72. The molecular weight excluding hydrogens is 322 g/mol. The van der Waals surface area contributed by atoms with Crippen LogP contribution in [0.1, 0.15) is 51.4 Å². The lowest BCUT2D eigenvalue weighted by molar-refractivity contribution is -0.127. The molecule has 3 rings (SSSR count). The number of amides is 3. The molecule has 24 heavy (non-hydrogen) atoms. The molecule has 0 unspecified atom stereocenters. The Morgan fingerprint density at radius 1 is 1.04 bits per heavy atom. The van der Waals surface area contributed by atoms with Gasteiger partial charge in [0.25, 0.3) is 0 Å². The van der Waals surface area contributed by atoms with E-state index in [1.54, 1.807) is 0 Å². The van der Waals surface area contributed by atoms with Crippen LogP contribution in [-0.2, 0) is 4.79 Å². The lowest BCUT2D eigenvalue weighted by Crippen LogP contribution is -2.46. The van der Waals surface area contributed by atoms with E-state index in [9.17, 15) is 9.59 Å². The summed E-state index contributed by atoms with van der Waals surface area (Å²) >= 11 is 1.52. The normalized spacial score (nSPS) is 20.4. The summed E-state index contributed by atoms with van der Waals surface area (Å²) in [6.07, 6.45) is 8.81. The quantitative estimate of drug-likeness (QED) is 0.815. The zero-order chi connectivity index (χ0) is 16.8. The largest absolute Gasteiger partial charge is 0.353 e. The average molecular weight is 350 g/mol. The molecule has 2 aliphatic rings. The molecule has 1 aliphatic heterocycles. The molecular formula is C18H27N3O2S. The van der Waals surface area contributed by atoms with Crippen molar-refractivity contribution in [1.82, 2.24) is 10.2 Å². The highest BCUT2D eigenvalue weighted by molar-refractivity contribution is 7.14. The van der Waals surface area contributed by atoms with Crippen molar-refractivity contribution in [2.24, 2.45) is 5.92 Å². The van der Waals surface area contributed by atoms with E-state index >= 15 is 0 Å². The summed E-state index contributed by atoms with van der Waals surface area (Å²) in [4.78, 5) is 26.5. The van der Waals surface area contributed by atoms with Gasteiger partial charge in [0.2, 0.25) is 5.91 Å². The Morgan fingerprint density at radius 3 is 2.38 bits per heavy atom. The Kier molecular flexibility index (Phi) is 6.12. The zero-order valence-corrected chi connectivity index (χ0v) is 14.9. The summed E-state index contributed by atoms with van der Waals surface area (Å²) < 4.78 is 0. The molecule has 2 fully saturated rings. The van der Waals surface area contributed by atoms with Crippen molar-refractivity contribution in [3.63, 3.8) is 0 Å². The number of hydrogen-bond acceptors (Lipinski definition) is 3. The molecule has 1 aromatic rings. The minimum atomic E-state index is -0.0555. The van der Waals surface area contributed by atoms with Gasteiger partial charge in [-0.3, -0.25) is 10.1 Å². The fourth-order valence-corrected chi connectivity index (χ4v) is 4.23. The van der Waals surface area contributed by atoms with E-state index in [0.29, 0.717) is 19.1 Å². The maximum Gasteiger partial charge on any atom is 0.322 e. The molecule has 0 bridgehead atoms. The second kappa shape index (κ2) is 8.51. The molecule has 1 aromatic heterocycles. The van der Waals surface area contributed by atoms with Crippen LogP contribution in [0.25, 0.3) is 0 Å². The van der Waals surface area contributed by atoms with Crippen molar-refractivity contribution in [1.29, 1.82) is 0 Å². The zero-order valence-electron chi connectivity index (χ0n) is 14.1. The van der Waals surface area contributed by atoms with Gasteiger partial charge in [-0.1, -0.05) is 25.7 Å². The summed E-state index contributed by atoms with van der Waals surface area (Å²) in [6.45, 7) is 1.31. The second-order valence-corrected chi connectivity index (χ2v) is 7.81. The summed E-state index contributed by atoms with van der Waals surface area (Å²) in [7, 11) is 0. The van der Waals surface area contributed by atoms with Crippen LogP contribution in [0.4, 0.5) is 9.80 Å². The van der Waals surface area contributed by atoms with Gasteiger partial charge in [0.1, 0.15) is 0 Å². The highest BCUT2D eigenvalue weighted by Crippen LogP contribution is 2.22. The number of nitrogens with zero attached hydrogens (tertiary/aromatic N) is 1. The number of piperidine rings is 1. The van der Waals surface area contributed by atoms with Crippen LogP contribution in [0.3, 0.4) is 0 Å². The van der Waals surface area contributed by atoms with Gasteiger partial charge in [-0.15, -0.1) is 11.3 Å². The molecule has 0 spiro atoms. The molecule has 0 atom stereocenters. The number of urea groups is 1. The molecule has 132 valence electrons. The van der Waals surface area contributed by atoms with Gasteiger partial charge in [-0.2, -0.15) is 0 Å². The molecule has 5 nitrogen and oxygen atoms in total. The Morgan fingerprint density at radius 2 is 1.75 bits per heavy atom. The van der Waals surface area contributed by atoms with Crippen LogP contribution < -0.4 is 10.6 Å². The van der Waals surface area contributed by atoms with Gasteiger partial charge in [-0.05, 0) is 43.2 Å². The first kappa shape index (κ1) is 17.3. The minimum absolute atomic E-state index is 0.0547. The molecule has 0 aromatic carbocycles. The van der Waals surface area contributed by atoms with Crippen LogP contribution in [0.2, 0.25) is 0 Å². The van der Waals surface area contributed by atoms with Crippen LogP contribution in [0.15, 0.2) is 17.5 Å². The first-order chi connectivity index (χ1) is 11.7. The SMILES string of the molecule is O=C(NC1CCCCCC1)C1CCN(C(=O)Nc2cccs2)CC1. The first-order valence-corrected chi connectivity index (χ1v) is 10.00. The average Bonchev–Trinajstić information content (AvgIpc) is 2.97. The molecule has 1 aliphatic carbocycles. The molecule has 3 amide bonds. The maximum absolute atomic E-state index is 12.5. The molecule has 0 radical (unpaired) electrons. The Hall–Kier alpha value is -1.56. The fourth-order valence-electron chi connectivity index (χ4n) is 3.62. The van der Waals surface area contributed by atoms with Crippen LogP contribution in [-0.4, -0.2) is 36.0 Å². The number of nitrogens with one attached hydrogen (secondary N) is 2. The van der Waals surface area contributed by atoms with Crippen LogP contribution >= 0.6 is 11.3 Å². The summed E-state index contributed by atoms with van der Waals surface area (Å²) in [5.74, 6) is 0.249. The van der Waals surface area contributed by atoms with Gasteiger partial charge in [0.05, 0.1) is 5.00 Å². The van der Waals surface area contributed by atoms with Crippen LogP contribution in [0, 0.1) is 5.92 Å². The number of carbonyl (C=O) groups excluding carboxylic acids is 2. The molecule has 1 saturated heterocycles. The van der Waals surface area contributed by atoms with Crippen molar-refractivity contribution in [3.8, 4) is 0 Å². The Labute approximate surface area is 147 Å². The number of thiophene rings is 1. The van der Waals surface area contributed by atoms with Crippen molar-refractivity contribution in [2.45, 2.75) is 57.4 Å². The summed E-state index contributed by atoms with van der Waals surface area (Å²) in [5, 5.41) is 8.98. The Bertz CT molecular complexity index is 530. The Balaban J connectivity index is 1.42. The van der Waals surface area contributed by atoms with Gasteiger partial charge in [0, 0.05) is 25.0 Å². The van der Waals surface area contributed by atoms with Crippen molar-refractivity contribution >= 4 is 28.3 Å². The second-order valence-electron chi connectivity index (χ2n) is 6.87. The number of anilines is 1. The molecule has 2 N–H and O–H groups in total. The smallest absolute Gasteiger partial charge is 0.322 e. The minimum Gasteiger partial charge on any atom is -0.353 e. The van der Waals surface area contributed by atoms with Gasteiger partial charge < -0.3 is 10.2 Å². The third-order valence-electron chi connectivity index (χ3n) is 5.11. The highest BCUT2D eigenvalue weighted by atomic mass is 32.1. The topological polar surface area (TPSA) is 61.4 Å². The number of likely N-dealkylation sites (tertiary alicyclic amines) is 1. The fraction of sp³-hybridized carbons (Fsp3) is 0.667. The standard InChI is InChI=1S/C18H27N3O2S/c22-17(19-15-6-3-1-2-4-7-15)14-9-11-21(12-10-14)18(23)20-16-8-5-13-24-16/h5,8,13-15H,1-4,6-7,9-12H2,(H,19,22)(H,20,23). The van der Waals surface area contributed by atoms with E-state index < -0.39 is 0 Å². The van der Waals surface area contributed by atoms with Crippen molar-refractivity contribution < 1.29 is 9.59 Å². The van der Waals surface area contributed by atoms with E-state index in [1.807, 2.05) is 22.4 Å². The van der Waals surface area contributed by atoms with Gasteiger partial charge >= 0.3 is 6.03 Å². The number of hydrogen-bond donors (Lipinski definition) is 2. The number of rotatable bonds is 3. The lowest BCUT2D eigenvalue weighted by Gasteiger charge is -2.32. The predicted octanol–water partition coefficient (Wildman–Crippen LogP) is 3.83. The van der Waals surface area contributed by atoms with Gasteiger partial charge in [0.15, 0.2) is 0 Å². The van der Waals surface area contributed by atoms with Gasteiger partial charge in [-0.25, -0.2) is 4.79 Å². The van der Waals surface area contributed by atoms with E-state index in [0.717, 1.165) is 30.7 Å².